The summed E-state index contributed by atoms with van der Waals surface area (Å²) in [6.45, 7) is 8.07. The van der Waals surface area contributed by atoms with Crippen molar-refractivity contribution >= 4 is 23.4 Å². The van der Waals surface area contributed by atoms with Crippen molar-refractivity contribution in [2.45, 2.75) is 31.9 Å². The Labute approximate surface area is 125 Å². The standard InChI is InChI=1S/C15H23N3OS/c1-11-4-5-13(17-16)12(10-11)14(19)18-7-6-15(2,3)20-9-8-18/h4-5,10,17H,6-9,16H2,1-3H3. The van der Waals surface area contributed by atoms with Gasteiger partial charge in [-0.1, -0.05) is 25.5 Å². The molecule has 0 radical (unpaired) electrons. The number of nitrogens with zero attached hydrogens (tertiary/aromatic N) is 1. The minimum Gasteiger partial charge on any atom is -0.338 e. The molecule has 0 unspecified atom stereocenters. The third-order valence-electron chi connectivity index (χ3n) is 3.69. The summed E-state index contributed by atoms with van der Waals surface area (Å²) < 4.78 is 0.247. The third-order valence-corrected chi connectivity index (χ3v) is 5.06. The molecule has 4 nitrogen and oxygen atoms in total. The molecule has 0 aromatic heterocycles. The smallest absolute Gasteiger partial charge is 0.256 e. The fraction of sp³-hybridized carbons (Fsp3) is 0.533. The second-order valence-corrected chi connectivity index (χ2v) is 7.65. The molecule has 1 amide bonds. The maximum Gasteiger partial charge on any atom is 0.256 e. The molecule has 1 aromatic rings. The molecule has 3 N–H and O–H groups in total. The van der Waals surface area contributed by atoms with Gasteiger partial charge >= 0.3 is 0 Å². The van der Waals surface area contributed by atoms with E-state index >= 15 is 0 Å². The molecule has 1 fully saturated rings. The van der Waals surface area contributed by atoms with E-state index in [1.807, 2.05) is 41.8 Å². The van der Waals surface area contributed by atoms with Crippen LogP contribution >= 0.6 is 11.8 Å². The highest BCUT2D eigenvalue weighted by Gasteiger charge is 2.27. The van der Waals surface area contributed by atoms with Gasteiger partial charge in [-0.15, -0.1) is 0 Å². The minimum absolute atomic E-state index is 0.0694. The van der Waals surface area contributed by atoms with Crippen molar-refractivity contribution in [1.82, 2.24) is 4.90 Å². The van der Waals surface area contributed by atoms with Gasteiger partial charge in [-0.2, -0.15) is 11.8 Å². The van der Waals surface area contributed by atoms with Crippen LogP contribution < -0.4 is 11.3 Å². The third kappa shape index (κ3) is 3.46. The molecule has 1 saturated heterocycles. The van der Waals surface area contributed by atoms with Crippen LogP contribution in [-0.4, -0.2) is 34.4 Å². The van der Waals surface area contributed by atoms with Gasteiger partial charge in [-0.25, -0.2) is 0 Å². The molecule has 1 aliphatic heterocycles. The summed E-state index contributed by atoms with van der Waals surface area (Å²) >= 11 is 1.94. The Morgan fingerprint density at radius 2 is 2.15 bits per heavy atom. The van der Waals surface area contributed by atoms with E-state index in [2.05, 4.69) is 19.3 Å². The van der Waals surface area contributed by atoms with Crippen LogP contribution in [-0.2, 0) is 0 Å². The minimum atomic E-state index is 0.0694. The number of carbonyl (C=O) groups is 1. The van der Waals surface area contributed by atoms with Gasteiger partial charge in [0.1, 0.15) is 0 Å². The van der Waals surface area contributed by atoms with E-state index in [4.69, 9.17) is 5.84 Å². The number of nitrogens with two attached hydrogens (primary N) is 1. The number of aryl methyl sites for hydroxylation is 1. The highest BCUT2D eigenvalue weighted by Crippen LogP contribution is 2.31. The Hall–Kier alpha value is -1.20. The Morgan fingerprint density at radius 1 is 1.40 bits per heavy atom. The van der Waals surface area contributed by atoms with Gasteiger partial charge in [0.2, 0.25) is 0 Å². The molecule has 1 heterocycles. The summed E-state index contributed by atoms with van der Waals surface area (Å²) in [6, 6.07) is 5.72. The van der Waals surface area contributed by atoms with Crippen LogP contribution in [0, 0.1) is 6.92 Å². The zero-order valence-electron chi connectivity index (χ0n) is 12.4. The van der Waals surface area contributed by atoms with Crippen LogP contribution in [0.4, 0.5) is 5.69 Å². The molecule has 2 rings (SSSR count). The zero-order valence-corrected chi connectivity index (χ0v) is 13.2. The lowest BCUT2D eigenvalue weighted by Crippen LogP contribution is -2.34. The van der Waals surface area contributed by atoms with Crippen LogP contribution in [0.1, 0.15) is 36.2 Å². The Bertz CT molecular complexity index is 502. The average molecular weight is 293 g/mol. The average Bonchev–Trinajstić information content (AvgIpc) is 2.59. The lowest BCUT2D eigenvalue weighted by Gasteiger charge is -2.23. The van der Waals surface area contributed by atoms with E-state index < -0.39 is 0 Å². The Morgan fingerprint density at radius 3 is 2.85 bits per heavy atom. The molecular weight excluding hydrogens is 270 g/mol. The van der Waals surface area contributed by atoms with Gasteiger partial charge in [0.15, 0.2) is 0 Å². The summed E-state index contributed by atoms with van der Waals surface area (Å²) in [7, 11) is 0. The summed E-state index contributed by atoms with van der Waals surface area (Å²) in [5, 5.41) is 0. The van der Waals surface area contributed by atoms with Crippen molar-refractivity contribution in [3.63, 3.8) is 0 Å². The predicted octanol–water partition coefficient (Wildman–Crippen LogP) is 2.64. The summed E-state index contributed by atoms with van der Waals surface area (Å²) in [4.78, 5) is 14.7. The van der Waals surface area contributed by atoms with Crippen LogP contribution in [0.3, 0.4) is 0 Å². The second-order valence-electron chi connectivity index (χ2n) is 5.84. The molecule has 0 saturated carbocycles. The Kier molecular flexibility index (Phi) is 4.60. The van der Waals surface area contributed by atoms with Gasteiger partial charge in [0, 0.05) is 23.6 Å². The first-order valence-electron chi connectivity index (χ1n) is 6.93. The highest BCUT2D eigenvalue weighted by atomic mass is 32.2. The number of thioether (sulfide) groups is 1. The first-order valence-corrected chi connectivity index (χ1v) is 7.92. The van der Waals surface area contributed by atoms with E-state index in [9.17, 15) is 4.79 Å². The van der Waals surface area contributed by atoms with Crippen LogP contribution in [0.2, 0.25) is 0 Å². The maximum absolute atomic E-state index is 12.7. The fourth-order valence-corrected chi connectivity index (χ4v) is 3.45. The van der Waals surface area contributed by atoms with Gasteiger partial charge < -0.3 is 10.3 Å². The number of hydrogen-bond donors (Lipinski definition) is 2. The largest absolute Gasteiger partial charge is 0.338 e. The van der Waals surface area contributed by atoms with Crippen molar-refractivity contribution in [2.24, 2.45) is 5.84 Å². The van der Waals surface area contributed by atoms with Crippen molar-refractivity contribution in [3.05, 3.63) is 29.3 Å². The summed E-state index contributed by atoms with van der Waals surface area (Å²) in [6.07, 6.45) is 1.01. The number of amides is 1. The van der Waals surface area contributed by atoms with Gasteiger partial charge in [-0.05, 0) is 25.5 Å². The summed E-state index contributed by atoms with van der Waals surface area (Å²) in [5.74, 6) is 6.57. The molecule has 5 heteroatoms. The second kappa shape index (κ2) is 6.06. The lowest BCUT2D eigenvalue weighted by atomic mass is 10.1. The van der Waals surface area contributed by atoms with Crippen LogP contribution in [0.25, 0.3) is 0 Å². The van der Waals surface area contributed by atoms with E-state index in [1.165, 1.54) is 0 Å². The van der Waals surface area contributed by atoms with E-state index in [0.29, 0.717) is 11.3 Å². The first-order chi connectivity index (χ1) is 9.43. The topological polar surface area (TPSA) is 58.4 Å². The number of nitrogens with one attached hydrogen (secondary N) is 1. The molecule has 1 aliphatic rings. The highest BCUT2D eigenvalue weighted by molar-refractivity contribution is 8.00. The number of nitrogen functional groups attached to an aromatic ring is 1. The number of hydrogen-bond acceptors (Lipinski definition) is 4. The van der Waals surface area contributed by atoms with Gasteiger partial charge in [0.25, 0.3) is 5.91 Å². The van der Waals surface area contributed by atoms with Crippen LogP contribution in [0.15, 0.2) is 18.2 Å². The van der Waals surface area contributed by atoms with Crippen molar-refractivity contribution in [1.29, 1.82) is 0 Å². The molecule has 20 heavy (non-hydrogen) atoms. The molecule has 0 atom stereocenters. The molecule has 1 aromatic carbocycles. The number of anilines is 1. The SMILES string of the molecule is Cc1ccc(NN)c(C(=O)N2CCSC(C)(C)CC2)c1. The number of benzene rings is 1. The van der Waals surface area contributed by atoms with Crippen molar-refractivity contribution in [3.8, 4) is 0 Å². The van der Waals surface area contributed by atoms with E-state index in [1.54, 1.807) is 0 Å². The number of carbonyl (C=O) groups excluding carboxylic acids is 1. The summed E-state index contributed by atoms with van der Waals surface area (Å²) in [5.41, 5.74) is 5.04. The van der Waals surface area contributed by atoms with Gasteiger partial charge in [-0.3, -0.25) is 10.6 Å². The van der Waals surface area contributed by atoms with E-state index in [0.717, 1.165) is 30.8 Å². The molecule has 0 bridgehead atoms. The predicted molar refractivity (Wildman–Crippen MR) is 86.0 cm³/mol. The van der Waals surface area contributed by atoms with Gasteiger partial charge in [0.05, 0.1) is 11.3 Å². The fourth-order valence-electron chi connectivity index (χ4n) is 2.35. The normalized spacial score (nSPS) is 18.5. The molecular formula is C15H23N3OS. The molecule has 0 aliphatic carbocycles. The van der Waals surface area contributed by atoms with Crippen LogP contribution in [0.5, 0.6) is 0 Å². The zero-order chi connectivity index (χ0) is 14.8. The number of hydrazine groups is 1. The number of rotatable bonds is 2. The maximum atomic E-state index is 12.7. The van der Waals surface area contributed by atoms with Crippen molar-refractivity contribution < 1.29 is 4.79 Å². The van der Waals surface area contributed by atoms with E-state index in [-0.39, 0.29) is 10.7 Å². The Balaban J connectivity index is 2.21. The lowest BCUT2D eigenvalue weighted by molar-refractivity contribution is 0.0765. The quantitative estimate of drug-likeness (QED) is 0.650. The first kappa shape index (κ1) is 15.2. The molecule has 110 valence electrons. The molecule has 0 spiro atoms. The monoisotopic (exact) mass is 293 g/mol. The van der Waals surface area contributed by atoms with Crippen molar-refractivity contribution in [2.75, 3.05) is 24.3 Å².